The molecular formula is C17H10F3N3O3S. The molecule has 0 saturated heterocycles. The van der Waals surface area contributed by atoms with Gasteiger partial charge < -0.3 is 0 Å². The Morgan fingerprint density at radius 1 is 1.11 bits per heavy atom. The van der Waals surface area contributed by atoms with Crippen molar-refractivity contribution in [1.29, 1.82) is 0 Å². The van der Waals surface area contributed by atoms with Crippen molar-refractivity contribution in [2.24, 2.45) is 0 Å². The number of nitro groups is 1. The van der Waals surface area contributed by atoms with Crippen LogP contribution in [0.4, 0.5) is 18.9 Å². The van der Waals surface area contributed by atoms with Crippen LogP contribution in [0.5, 0.6) is 0 Å². The van der Waals surface area contributed by atoms with Gasteiger partial charge in [0.05, 0.1) is 16.2 Å². The molecule has 0 spiro atoms. The summed E-state index contributed by atoms with van der Waals surface area (Å²) in [5.41, 5.74) is -0.0195. The van der Waals surface area contributed by atoms with E-state index in [0.29, 0.717) is 5.39 Å². The fourth-order valence-corrected chi connectivity index (χ4v) is 3.21. The molecule has 0 N–H and O–H groups in total. The van der Waals surface area contributed by atoms with Gasteiger partial charge in [0, 0.05) is 23.1 Å². The first-order valence-corrected chi connectivity index (χ1v) is 8.48. The molecule has 1 heterocycles. The molecule has 0 unspecified atom stereocenters. The predicted molar refractivity (Wildman–Crippen MR) is 92.7 cm³/mol. The number of alkyl halides is 3. The van der Waals surface area contributed by atoms with E-state index < -0.39 is 22.7 Å². The summed E-state index contributed by atoms with van der Waals surface area (Å²) in [6.07, 6.45) is -4.72. The van der Waals surface area contributed by atoms with E-state index in [4.69, 9.17) is 0 Å². The Balaban J connectivity index is 1.89. The molecule has 0 bridgehead atoms. The van der Waals surface area contributed by atoms with E-state index in [2.05, 4.69) is 9.97 Å². The lowest BCUT2D eigenvalue weighted by Gasteiger charge is -2.10. The maximum absolute atomic E-state index is 13.0. The van der Waals surface area contributed by atoms with E-state index in [1.165, 1.54) is 24.3 Å². The number of halogens is 3. The van der Waals surface area contributed by atoms with Crippen molar-refractivity contribution in [3.8, 4) is 0 Å². The topological polar surface area (TPSA) is 86.0 Å². The Hall–Kier alpha value is -3.01. The number of hydrogen-bond donors (Lipinski definition) is 0. The summed E-state index contributed by atoms with van der Waals surface area (Å²) in [6, 6.07) is 11.3. The van der Waals surface area contributed by atoms with Crippen LogP contribution in [0.1, 0.15) is 16.2 Å². The van der Waals surface area contributed by atoms with Crippen LogP contribution in [-0.4, -0.2) is 26.4 Å². The van der Waals surface area contributed by atoms with Gasteiger partial charge in [-0.05, 0) is 6.07 Å². The van der Waals surface area contributed by atoms with Crippen molar-refractivity contribution in [3.05, 3.63) is 70.0 Å². The maximum Gasteiger partial charge on any atom is 0.451 e. The molecule has 0 aliphatic rings. The summed E-state index contributed by atoms with van der Waals surface area (Å²) >= 11 is 0.827. The van der Waals surface area contributed by atoms with Gasteiger partial charge in [0.1, 0.15) is 5.03 Å². The molecule has 0 amide bonds. The zero-order valence-electron chi connectivity index (χ0n) is 13.4. The molecular weight excluding hydrogens is 383 g/mol. The zero-order chi connectivity index (χ0) is 19.6. The maximum atomic E-state index is 13.0. The first-order chi connectivity index (χ1) is 12.8. The molecule has 6 nitrogen and oxygen atoms in total. The van der Waals surface area contributed by atoms with Gasteiger partial charge in [0.2, 0.25) is 5.82 Å². The molecule has 3 aromatic rings. The minimum absolute atomic E-state index is 0.0201. The average Bonchev–Trinajstić information content (AvgIpc) is 2.65. The number of Topliss-reactive ketones (excluding diaryl/α,β-unsaturated/α-hetero) is 1. The molecule has 0 aliphatic heterocycles. The predicted octanol–water partition coefficient (Wildman–Crippen LogP) is 4.53. The largest absolute Gasteiger partial charge is 0.451 e. The highest BCUT2D eigenvalue weighted by molar-refractivity contribution is 8.00. The minimum Gasteiger partial charge on any atom is -0.293 e. The first kappa shape index (κ1) is 18.8. The summed E-state index contributed by atoms with van der Waals surface area (Å²) in [5.74, 6) is -1.97. The molecule has 0 aliphatic carbocycles. The van der Waals surface area contributed by atoms with Gasteiger partial charge in [-0.3, -0.25) is 14.9 Å². The van der Waals surface area contributed by atoms with Crippen molar-refractivity contribution < 1.29 is 22.9 Å². The van der Waals surface area contributed by atoms with Crippen LogP contribution < -0.4 is 0 Å². The van der Waals surface area contributed by atoms with E-state index in [1.54, 1.807) is 18.2 Å². The molecule has 2 aromatic carbocycles. The number of fused-ring (bicyclic) bond motifs is 1. The lowest BCUT2D eigenvalue weighted by atomic mass is 10.1. The Labute approximate surface area is 154 Å². The molecule has 0 fully saturated rings. The van der Waals surface area contributed by atoms with Gasteiger partial charge in [-0.1, -0.05) is 42.1 Å². The van der Waals surface area contributed by atoms with Crippen molar-refractivity contribution in [2.45, 2.75) is 11.2 Å². The Kier molecular flexibility index (Phi) is 5.08. The number of thioether (sulfide) groups is 1. The van der Waals surface area contributed by atoms with Crippen molar-refractivity contribution >= 4 is 34.1 Å². The highest BCUT2D eigenvalue weighted by atomic mass is 32.2. The number of benzene rings is 2. The van der Waals surface area contributed by atoms with Gasteiger partial charge in [-0.2, -0.15) is 13.2 Å². The molecule has 27 heavy (non-hydrogen) atoms. The number of nitrogens with zero attached hydrogens (tertiary/aromatic N) is 3. The fraction of sp³-hybridized carbons (Fsp3) is 0.118. The third-order valence-electron chi connectivity index (χ3n) is 3.54. The third-order valence-corrected chi connectivity index (χ3v) is 4.53. The van der Waals surface area contributed by atoms with E-state index in [1.807, 2.05) is 0 Å². The second kappa shape index (κ2) is 7.31. The second-order valence-corrected chi connectivity index (χ2v) is 6.35. The summed E-state index contributed by atoms with van der Waals surface area (Å²) in [6.45, 7) is 0. The summed E-state index contributed by atoms with van der Waals surface area (Å²) in [5, 5.41) is 11.2. The highest BCUT2D eigenvalue weighted by Gasteiger charge is 2.35. The normalized spacial score (nSPS) is 11.5. The van der Waals surface area contributed by atoms with Crippen molar-refractivity contribution in [2.75, 3.05) is 5.75 Å². The standard InChI is InChI=1S/C17H10F3N3O3S/c18-17(19,20)16-21-13-7-2-1-6-12(13)15(22-16)27-9-14(24)10-4-3-5-11(8-10)23(25)26/h1-8H,9H2. The zero-order valence-corrected chi connectivity index (χ0v) is 14.3. The van der Waals surface area contributed by atoms with Crippen LogP contribution in [0, 0.1) is 10.1 Å². The van der Waals surface area contributed by atoms with E-state index in [9.17, 15) is 28.1 Å². The molecule has 0 radical (unpaired) electrons. The lowest BCUT2D eigenvalue weighted by molar-refractivity contribution is -0.384. The number of para-hydroxylation sites is 1. The number of carbonyl (C=O) groups excluding carboxylic acids is 1. The fourth-order valence-electron chi connectivity index (χ4n) is 2.29. The monoisotopic (exact) mass is 393 g/mol. The van der Waals surface area contributed by atoms with Crippen molar-refractivity contribution in [1.82, 2.24) is 9.97 Å². The van der Waals surface area contributed by atoms with Gasteiger partial charge in [0.25, 0.3) is 5.69 Å². The number of aromatic nitrogens is 2. The third kappa shape index (κ3) is 4.22. The Morgan fingerprint density at radius 2 is 1.85 bits per heavy atom. The summed E-state index contributed by atoms with van der Waals surface area (Å²) in [7, 11) is 0. The van der Waals surface area contributed by atoms with Crippen LogP contribution >= 0.6 is 11.8 Å². The Bertz CT molecular complexity index is 1040. The van der Waals surface area contributed by atoms with Crippen LogP contribution in [0.25, 0.3) is 10.9 Å². The summed E-state index contributed by atoms with van der Waals surface area (Å²) < 4.78 is 39.0. The van der Waals surface area contributed by atoms with E-state index in [0.717, 1.165) is 17.8 Å². The van der Waals surface area contributed by atoms with Gasteiger partial charge >= 0.3 is 6.18 Å². The van der Waals surface area contributed by atoms with Crippen LogP contribution in [0.15, 0.2) is 53.6 Å². The van der Waals surface area contributed by atoms with Gasteiger partial charge in [0.15, 0.2) is 5.78 Å². The van der Waals surface area contributed by atoms with Crippen molar-refractivity contribution in [3.63, 3.8) is 0 Å². The number of non-ortho nitro benzene ring substituents is 1. The quantitative estimate of drug-likeness (QED) is 0.208. The lowest BCUT2D eigenvalue weighted by Crippen LogP contribution is -2.12. The van der Waals surface area contributed by atoms with E-state index in [-0.39, 0.29) is 27.5 Å². The molecule has 10 heteroatoms. The summed E-state index contributed by atoms with van der Waals surface area (Å²) in [4.78, 5) is 29.5. The SMILES string of the molecule is O=C(CSc1nc(C(F)(F)F)nc2ccccc12)c1cccc([N+](=O)[O-])c1. The molecule has 0 atom stereocenters. The number of ketones is 1. The second-order valence-electron chi connectivity index (χ2n) is 5.39. The Morgan fingerprint density at radius 3 is 2.56 bits per heavy atom. The smallest absolute Gasteiger partial charge is 0.293 e. The number of nitro benzene ring substituents is 1. The van der Waals surface area contributed by atoms with Gasteiger partial charge in [-0.15, -0.1) is 0 Å². The minimum atomic E-state index is -4.72. The molecule has 0 saturated carbocycles. The van der Waals surface area contributed by atoms with E-state index >= 15 is 0 Å². The van der Waals surface area contributed by atoms with Crippen LogP contribution in [-0.2, 0) is 6.18 Å². The van der Waals surface area contributed by atoms with Gasteiger partial charge in [-0.25, -0.2) is 9.97 Å². The molecule has 138 valence electrons. The number of carbonyl (C=O) groups is 1. The molecule has 3 rings (SSSR count). The van der Waals surface area contributed by atoms with Crippen LogP contribution in [0.2, 0.25) is 0 Å². The van der Waals surface area contributed by atoms with Crippen LogP contribution in [0.3, 0.4) is 0 Å². The molecule has 1 aromatic heterocycles. The first-order valence-electron chi connectivity index (χ1n) is 7.50. The highest BCUT2D eigenvalue weighted by Crippen LogP contribution is 2.32. The number of rotatable bonds is 5. The average molecular weight is 393 g/mol. The number of hydrogen-bond acceptors (Lipinski definition) is 6.